The van der Waals surface area contributed by atoms with E-state index in [1.807, 2.05) is 6.07 Å². The third-order valence-corrected chi connectivity index (χ3v) is 4.16. The zero-order valence-corrected chi connectivity index (χ0v) is 13.6. The van der Waals surface area contributed by atoms with Crippen molar-refractivity contribution in [2.75, 3.05) is 0 Å². The van der Waals surface area contributed by atoms with Crippen molar-refractivity contribution in [1.29, 1.82) is 0 Å². The van der Waals surface area contributed by atoms with Gasteiger partial charge in [-0.2, -0.15) is 0 Å². The molecule has 0 bridgehead atoms. The summed E-state index contributed by atoms with van der Waals surface area (Å²) in [6.07, 6.45) is 3.07. The van der Waals surface area contributed by atoms with Crippen LogP contribution in [0.3, 0.4) is 0 Å². The number of halogens is 1. The number of hydrogen-bond donors (Lipinski definition) is 2. The summed E-state index contributed by atoms with van der Waals surface area (Å²) in [6, 6.07) is 13.1. The molecule has 0 atom stereocenters. The van der Waals surface area contributed by atoms with Crippen LogP contribution in [0.4, 0.5) is 0 Å². The molecule has 0 aliphatic heterocycles. The smallest absolute Gasteiger partial charge is 0.244 e. The van der Waals surface area contributed by atoms with Gasteiger partial charge in [-0.3, -0.25) is 4.79 Å². The molecule has 0 aromatic heterocycles. The highest BCUT2D eigenvalue weighted by atomic mass is 35.5. The number of amides is 1. The van der Waals surface area contributed by atoms with Crippen molar-refractivity contribution in [3.8, 4) is 0 Å². The Morgan fingerprint density at radius 1 is 1.17 bits per heavy atom. The first kappa shape index (κ1) is 17.2. The van der Waals surface area contributed by atoms with Crippen molar-refractivity contribution in [1.82, 2.24) is 5.32 Å². The van der Waals surface area contributed by atoms with Gasteiger partial charge in [0.1, 0.15) is 0 Å². The first-order chi connectivity index (χ1) is 10.8. The second-order valence-electron chi connectivity index (χ2n) is 4.80. The number of rotatable bonds is 5. The van der Waals surface area contributed by atoms with E-state index >= 15 is 0 Å². The van der Waals surface area contributed by atoms with E-state index in [1.165, 1.54) is 18.2 Å². The Labute approximate surface area is 139 Å². The fraction of sp³-hybridized carbons (Fsp3) is 0.0625. The van der Waals surface area contributed by atoms with Gasteiger partial charge in [-0.15, -0.1) is 0 Å². The molecule has 23 heavy (non-hydrogen) atoms. The number of carbonyl (C=O) groups excluding carboxylic acids is 1. The van der Waals surface area contributed by atoms with Crippen LogP contribution in [-0.2, 0) is 21.4 Å². The molecule has 7 heteroatoms. The van der Waals surface area contributed by atoms with E-state index in [1.54, 1.807) is 36.4 Å². The maximum absolute atomic E-state index is 11.8. The number of carbonyl (C=O) groups is 1. The molecular formula is C16H15ClN2O3S. The van der Waals surface area contributed by atoms with Gasteiger partial charge in [-0.25, -0.2) is 13.6 Å². The van der Waals surface area contributed by atoms with Crippen LogP contribution >= 0.6 is 11.6 Å². The van der Waals surface area contributed by atoms with E-state index in [-0.39, 0.29) is 17.3 Å². The Morgan fingerprint density at radius 2 is 1.87 bits per heavy atom. The predicted molar refractivity (Wildman–Crippen MR) is 90.1 cm³/mol. The van der Waals surface area contributed by atoms with Gasteiger partial charge in [0.15, 0.2) is 0 Å². The monoisotopic (exact) mass is 350 g/mol. The molecule has 0 saturated carbocycles. The number of hydrogen-bond acceptors (Lipinski definition) is 3. The molecule has 2 aromatic carbocycles. The summed E-state index contributed by atoms with van der Waals surface area (Å²) in [6.45, 7) is 0.281. The van der Waals surface area contributed by atoms with Crippen molar-refractivity contribution < 1.29 is 13.2 Å². The van der Waals surface area contributed by atoms with Gasteiger partial charge in [0.05, 0.1) is 4.90 Å². The molecule has 0 heterocycles. The third-order valence-electron chi connectivity index (χ3n) is 2.99. The largest absolute Gasteiger partial charge is 0.348 e. The van der Waals surface area contributed by atoms with Crippen molar-refractivity contribution in [2.24, 2.45) is 5.14 Å². The summed E-state index contributed by atoms with van der Waals surface area (Å²) < 4.78 is 22.3. The summed E-state index contributed by atoms with van der Waals surface area (Å²) in [5, 5.41) is 8.32. The van der Waals surface area contributed by atoms with Gasteiger partial charge in [0.25, 0.3) is 0 Å². The van der Waals surface area contributed by atoms with Gasteiger partial charge in [0, 0.05) is 17.6 Å². The molecule has 0 aliphatic rings. The lowest BCUT2D eigenvalue weighted by Gasteiger charge is -2.04. The number of benzene rings is 2. The maximum Gasteiger partial charge on any atom is 0.244 e. The van der Waals surface area contributed by atoms with E-state index in [9.17, 15) is 13.2 Å². The molecule has 2 rings (SSSR count). The quantitative estimate of drug-likeness (QED) is 0.811. The van der Waals surface area contributed by atoms with Crippen LogP contribution < -0.4 is 10.5 Å². The van der Waals surface area contributed by atoms with Crippen LogP contribution in [-0.4, -0.2) is 14.3 Å². The first-order valence-electron chi connectivity index (χ1n) is 6.68. The molecule has 3 N–H and O–H groups in total. The van der Waals surface area contributed by atoms with Gasteiger partial charge >= 0.3 is 0 Å². The lowest BCUT2D eigenvalue weighted by molar-refractivity contribution is -0.116. The summed E-state index contributed by atoms with van der Waals surface area (Å²) in [5.41, 5.74) is 1.59. The minimum Gasteiger partial charge on any atom is -0.348 e. The molecular weight excluding hydrogens is 336 g/mol. The molecule has 0 radical (unpaired) electrons. The Hall–Kier alpha value is -2.15. The van der Waals surface area contributed by atoms with Gasteiger partial charge in [0.2, 0.25) is 15.9 Å². The van der Waals surface area contributed by atoms with Crippen LogP contribution in [0.5, 0.6) is 0 Å². The number of primary sulfonamides is 1. The van der Waals surface area contributed by atoms with Crippen LogP contribution in [0.15, 0.2) is 59.5 Å². The molecule has 2 aromatic rings. The fourth-order valence-corrected chi connectivity index (χ4v) is 2.54. The lowest BCUT2D eigenvalue weighted by atomic mass is 10.2. The molecule has 0 spiro atoms. The Bertz CT molecular complexity index is 831. The lowest BCUT2D eigenvalue weighted by Crippen LogP contribution is -2.20. The minimum absolute atomic E-state index is 0.0356. The average molecular weight is 351 g/mol. The van der Waals surface area contributed by atoms with E-state index in [0.29, 0.717) is 5.02 Å². The Kier molecular flexibility index (Phi) is 5.54. The number of nitrogens with two attached hydrogens (primary N) is 1. The van der Waals surface area contributed by atoms with E-state index < -0.39 is 10.0 Å². The summed E-state index contributed by atoms with van der Waals surface area (Å²) in [4.78, 5) is 11.8. The van der Waals surface area contributed by atoms with Crippen molar-refractivity contribution in [3.05, 3.63) is 70.8 Å². The second kappa shape index (κ2) is 7.41. The van der Waals surface area contributed by atoms with Crippen LogP contribution in [0.25, 0.3) is 6.08 Å². The van der Waals surface area contributed by atoms with Crippen LogP contribution in [0.2, 0.25) is 5.02 Å². The topological polar surface area (TPSA) is 89.3 Å². The zero-order valence-electron chi connectivity index (χ0n) is 12.1. The zero-order chi connectivity index (χ0) is 16.9. The molecule has 0 aliphatic carbocycles. The molecule has 0 unspecified atom stereocenters. The second-order valence-corrected chi connectivity index (χ2v) is 6.79. The van der Waals surface area contributed by atoms with Crippen LogP contribution in [0.1, 0.15) is 11.1 Å². The van der Waals surface area contributed by atoms with Gasteiger partial charge < -0.3 is 5.32 Å². The van der Waals surface area contributed by atoms with Gasteiger partial charge in [-0.1, -0.05) is 35.9 Å². The highest BCUT2D eigenvalue weighted by Gasteiger charge is 2.06. The van der Waals surface area contributed by atoms with Gasteiger partial charge in [-0.05, 0) is 41.5 Å². The Balaban J connectivity index is 1.91. The summed E-state index contributed by atoms with van der Waals surface area (Å²) >= 11 is 5.86. The molecule has 1 amide bonds. The molecule has 120 valence electrons. The fourth-order valence-electron chi connectivity index (χ4n) is 1.83. The third kappa shape index (κ3) is 5.52. The van der Waals surface area contributed by atoms with Crippen molar-refractivity contribution in [2.45, 2.75) is 11.4 Å². The van der Waals surface area contributed by atoms with Crippen LogP contribution in [0, 0.1) is 0 Å². The van der Waals surface area contributed by atoms with Crippen molar-refractivity contribution >= 4 is 33.6 Å². The van der Waals surface area contributed by atoms with Crippen molar-refractivity contribution in [3.63, 3.8) is 0 Å². The molecule has 0 saturated heterocycles. The minimum atomic E-state index is -3.70. The van der Waals surface area contributed by atoms with E-state index in [2.05, 4.69) is 5.32 Å². The maximum atomic E-state index is 11.8. The highest BCUT2D eigenvalue weighted by Crippen LogP contribution is 2.12. The first-order valence-corrected chi connectivity index (χ1v) is 8.60. The SMILES string of the molecule is NS(=O)(=O)c1ccc(CNC(=O)/C=C/c2cccc(Cl)c2)cc1. The van der Waals surface area contributed by atoms with E-state index in [0.717, 1.165) is 11.1 Å². The summed E-state index contributed by atoms with van der Waals surface area (Å²) in [5.74, 6) is -0.263. The predicted octanol–water partition coefficient (Wildman–Crippen LogP) is 2.32. The molecule has 0 fully saturated rings. The summed E-state index contributed by atoms with van der Waals surface area (Å²) in [7, 11) is -3.70. The normalized spacial score (nSPS) is 11.6. The standard InChI is InChI=1S/C16H15ClN2O3S/c17-14-3-1-2-12(10-14)6-9-16(20)19-11-13-4-7-15(8-5-13)23(18,21)22/h1-10H,11H2,(H,19,20)(H2,18,21,22)/b9-6+. The number of nitrogens with one attached hydrogen (secondary N) is 1. The molecule has 5 nitrogen and oxygen atoms in total. The number of sulfonamides is 1. The Morgan fingerprint density at radius 3 is 2.48 bits per heavy atom. The average Bonchev–Trinajstić information content (AvgIpc) is 2.50. The van der Waals surface area contributed by atoms with E-state index in [4.69, 9.17) is 16.7 Å². The highest BCUT2D eigenvalue weighted by molar-refractivity contribution is 7.89.